The van der Waals surface area contributed by atoms with Crippen LogP contribution in [0, 0.1) is 0 Å². The fraction of sp³-hybridized carbons (Fsp3) is 0.533. The Hall–Kier alpha value is -1.51. The Morgan fingerprint density at radius 1 is 1.28 bits per heavy atom. The van der Waals surface area contributed by atoms with Crippen LogP contribution in [0.5, 0.6) is 0 Å². The van der Waals surface area contributed by atoms with Crippen molar-refractivity contribution in [2.75, 3.05) is 6.54 Å². The van der Waals surface area contributed by atoms with Gasteiger partial charge in [-0.2, -0.15) is 0 Å². The zero-order chi connectivity index (χ0) is 13.4. The Balaban J connectivity index is 2.46. The fourth-order valence-electron chi connectivity index (χ4n) is 1.69. The SMILES string of the molecule is CCCCN(C(=O)OCc1ccccc1)C(C)C. The molecule has 0 radical (unpaired) electrons. The van der Waals surface area contributed by atoms with E-state index in [4.69, 9.17) is 4.74 Å². The highest BCUT2D eigenvalue weighted by Gasteiger charge is 2.17. The molecule has 0 atom stereocenters. The van der Waals surface area contributed by atoms with Gasteiger partial charge >= 0.3 is 6.09 Å². The van der Waals surface area contributed by atoms with E-state index in [1.54, 1.807) is 4.90 Å². The number of hydrogen-bond acceptors (Lipinski definition) is 2. The molecular formula is C15H23NO2. The average molecular weight is 249 g/mol. The molecule has 0 aliphatic heterocycles. The first-order valence-electron chi connectivity index (χ1n) is 6.62. The highest BCUT2D eigenvalue weighted by molar-refractivity contribution is 5.67. The van der Waals surface area contributed by atoms with Crippen molar-refractivity contribution in [3.05, 3.63) is 35.9 Å². The standard InChI is InChI=1S/C15H23NO2/c1-4-5-11-16(13(2)3)15(17)18-12-14-9-7-6-8-10-14/h6-10,13H,4-5,11-12H2,1-3H3. The van der Waals surface area contributed by atoms with E-state index in [9.17, 15) is 4.79 Å². The van der Waals surface area contributed by atoms with Gasteiger partial charge in [-0.25, -0.2) is 4.79 Å². The van der Waals surface area contributed by atoms with Crippen LogP contribution in [0.25, 0.3) is 0 Å². The number of hydrogen-bond donors (Lipinski definition) is 0. The second-order valence-electron chi connectivity index (χ2n) is 4.68. The molecule has 0 N–H and O–H groups in total. The smallest absolute Gasteiger partial charge is 0.410 e. The molecule has 0 unspecified atom stereocenters. The average Bonchev–Trinajstić information content (AvgIpc) is 2.37. The highest BCUT2D eigenvalue weighted by Crippen LogP contribution is 2.07. The molecule has 0 saturated carbocycles. The summed E-state index contributed by atoms with van der Waals surface area (Å²) in [5.41, 5.74) is 1.02. The van der Waals surface area contributed by atoms with Gasteiger partial charge in [-0.1, -0.05) is 43.7 Å². The maximum atomic E-state index is 12.0. The van der Waals surface area contributed by atoms with Crippen LogP contribution in [-0.4, -0.2) is 23.6 Å². The van der Waals surface area contributed by atoms with Crippen LogP contribution in [0.4, 0.5) is 4.79 Å². The lowest BCUT2D eigenvalue weighted by molar-refractivity contribution is 0.0853. The van der Waals surface area contributed by atoms with E-state index in [0.717, 1.165) is 24.9 Å². The van der Waals surface area contributed by atoms with Crippen LogP contribution in [0.2, 0.25) is 0 Å². The number of unbranched alkanes of at least 4 members (excludes halogenated alkanes) is 1. The maximum absolute atomic E-state index is 12.0. The number of carbonyl (C=O) groups excluding carboxylic acids is 1. The van der Waals surface area contributed by atoms with Gasteiger partial charge in [-0.15, -0.1) is 0 Å². The minimum absolute atomic E-state index is 0.180. The first-order valence-corrected chi connectivity index (χ1v) is 6.62. The fourth-order valence-corrected chi connectivity index (χ4v) is 1.69. The number of rotatable bonds is 6. The molecule has 0 heterocycles. The lowest BCUT2D eigenvalue weighted by Crippen LogP contribution is -2.38. The number of carbonyl (C=O) groups is 1. The number of nitrogens with zero attached hydrogens (tertiary/aromatic N) is 1. The summed E-state index contributed by atoms with van der Waals surface area (Å²) in [5, 5.41) is 0. The molecule has 0 aromatic heterocycles. The van der Waals surface area contributed by atoms with Crippen LogP contribution in [0.3, 0.4) is 0 Å². The van der Waals surface area contributed by atoms with Gasteiger partial charge in [0.25, 0.3) is 0 Å². The summed E-state index contributed by atoms with van der Waals surface area (Å²) in [5.74, 6) is 0. The minimum Gasteiger partial charge on any atom is -0.445 e. The Bertz CT molecular complexity index is 349. The number of ether oxygens (including phenoxy) is 1. The van der Waals surface area contributed by atoms with Crippen molar-refractivity contribution < 1.29 is 9.53 Å². The maximum Gasteiger partial charge on any atom is 0.410 e. The molecule has 100 valence electrons. The topological polar surface area (TPSA) is 29.5 Å². The molecule has 18 heavy (non-hydrogen) atoms. The summed E-state index contributed by atoms with van der Waals surface area (Å²) in [6.07, 6.45) is 1.87. The van der Waals surface area contributed by atoms with E-state index in [1.165, 1.54) is 0 Å². The summed E-state index contributed by atoms with van der Waals surface area (Å²) in [4.78, 5) is 13.8. The predicted octanol–water partition coefficient (Wildman–Crippen LogP) is 3.83. The third-order valence-electron chi connectivity index (χ3n) is 2.82. The molecule has 1 aromatic rings. The number of benzene rings is 1. The van der Waals surface area contributed by atoms with Crippen molar-refractivity contribution in [3.8, 4) is 0 Å². The van der Waals surface area contributed by atoms with Crippen LogP contribution < -0.4 is 0 Å². The van der Waals surface area contributed by atoms with E-state index in [1.807, 2.05) is 44.2 Å². The molecule has 0 saturated heterocycles. The van der Waals surface area contributed by atoms with Gasteiger partial charge in [-0.05, 0) is 25.8 Å². The van der Waals surface area contributed by atoms with Crippen molar-refractivity contribution in [1.82, 2.24) is 4.90 Å². The third kappa shape index (κ3) is 4.78. The first kappa shape index (κ1) is 14.6. The summed E-state index contributed by atoms with van der Waals surface area (Å²) in [7, 11) is 0. The van der Waals surface area contributed by atoms with E-state index in [-0.39, 0.29) is 12.1 Å². The second-order valence-corrected chi connectivity index (χ2v) is 4.68. The minimum atomic E-state index is -0.220. The molecule has 1 amide bonds. The Kier molecular flexibility index (Phi) is 6.26. The Morgan fingerprint density at radius 2 is 1.94 bits per heavy atom. The molecule has 3 heteroatoms. The van der Waals surface area contributed by atoms with Crippen LogP contribution in [-0.2, 0) is 11.3 Å². The monoisotopic (exact) mass is 249 g/mol. The van der Waals surface area contributed by atoms with Gasteiger partial charge in [-0.3, -0.25) is 0 Å². The molecule has 0 fully saturated rings. The molecule has 0 spiro atoms. The van der Waals surface area contributed by atoms with Crippen molar-refractivity contribution in [3.63, 3.8) is 0 Å². The summed E-state index contributed by atoms with van der Waals surface area (Å²) in [6.45, 7) is 7.25. The summed E-state index contributed by atoms with van der Waals surface area (Å²) < 4.78 is 5.34. The van der Waals surface area contributed by atoms with Crippen molar-refractivity contribution in [2.24, 2.45) is 0 Å². The highest BCUT2D eigenvalue weighted by atomic mass is 16.6. The molecule has 1 aromatic carbocycles. The summed E-state index contributed by atoms with van der Waals surface area (Å²) in [6, 6.07) is 9.94. The van der Waals surface area contributed by atoms with Gasteiger partial charge in [0, 0.05) is 12.6 Å². The largest absolute Gasteiger partial charge is 0.445 e. The van der Waals surface area contributed by atoms with E-state index in [0.29, 0.717) is 6.61 Å². The normalized spacial score (nSPS) is 10.4. The lowest BCUT2D eigenvalue weighted by atomic mass is 10.2. The summed E-state index contributed by atoms with van der Waals surface area (Å²) >= 11 is 0. The quantitative estimate of drug-likeness (QED) is 0.766. The van der Waals surface area contributed by atoms with Gasteiger partial charge in [0.2, 0.25) is 0 Å². The van der Waals surface area contributed by atoms with Crippen molar-refractivity contribution >= 4 is 6.09 Å². The van der Waals surface area contributed by atoms with E-state index in [2.05, 4.69) is 6.92 Å². The Morgan fingerprint density at radius 3 is 2.50 bits per heavy atom. The van der Waals surface area contributed by atoms with E-state index < -0.39 is 0 Å². The molecular weight excluding hydrogens is 226 g/mol. The van der Waals surface area contributed by atoms with Crippen LogP contribution in [0.1, 0.15) is 39.2 Å². The molecule has 3 nitrogen and oxygen atoms in total. The molecule has 1 rings (SSSR count). The number of amides is 1. The van der Waals surface area contributed by atoms with Gasteiger partial charge in [0.05, 0.1) is 0 Å². The van der Waals surface area contributed by atoms with Gasteiger partial charge in [0.1, 0.15) is 6.61 Å². The Labute approximate surface area is 110 Å². The second kappa shape index (κ2) is 7.75. The predicted molar refractivity (Wildman–Crippen MR) is 73.4 cm³/mol. The molecule has 0 bridgehead atoms. The van der Waals surface area contributed by atoms with Crippen molar-refractivity contribution in [1.29, 1.82) is 0 Å². The zero-order valence-electron chi connectivity index (χ0n) is 11.6. The van der Waals surface area contributed by atoms with E-state index >= 15 is 0 Å². The van der Waals surface area contributed by atoms with Crippen molar-refractivity contribution in [2.45, 2.75) is 46.3 Å². The van der Waals surface area contributed by atoms with Crippen LogP contribution >= 0.6 is 0 Å². The van der Waals surface area contributed by atoms with Gasteiger partial charge < -0.3 is 9.64 Å². The molecule has 0 aliphatic carbocycles. The lowest BCUT2D eigenvalue weighted by Gasteiger charge is -2.25. The van der Waals surface area contributed by atoms with Gasteiger partial charge in [0.15, 0.2) is 0 Å². The first-order chi connectivity index (χ1) is 8.65. The zero-order valence-corrected chi connectivity index (χ0v) is 11.6. The van der Waals surface area contributed by atoms with Crippen LogP contribution in [0.15, 0.2) is 30.3 Å². The molecule has 0 aliphatic rings. The third-order valence-corrected chi connectivity index (χ3v) is 2.82.